The Morgan fingerprint density at radius 1 is 1.17 bits per heavy atom. The van der Waals surface area contributed by atoms with Gasteiger partial charge in [-0.15, -0.1) is 0 Å². The van der Waals surface area contributed by atoms with Crippen molar-refractivity contribution in [3.05, 3.63) is 59.3 Å². The molecule has 4 heterocycles. The third-order valence-electron chi connectivity index (χ3n) is 5.43. The molecule has 3 aromatic heterocycles. The fourth-order valence-electron chi connectivity index (χ4n) is 3.90. The van der Waals surface area contributed by atoms with Crippen LogP contribution in [0.4, 0.5) is 13.2 Å². The average Bonchev–Trinajstić information content (AvgIpc) is 3.11. The number of piperidine rings is 1. The summed E-state index contributed by atoms with van der Waals surface area (Å²) in [5.41, 5.74) is 1.80. The van der Waals surface area contributed by atoms with Gasteiger partial charge in [-0.05, 0) is 49.1 Å². The lowest BCUT2D eigenvalue weighted by molar-refractivity contribution is -0.142. The Labute approximate surface area is 167 Å². The van der Waals surface area contributed by atoms with Crippen LogP contribution in [0.25, 0.3) is 5.65 Å². The number of nitrogens with zero attached hydrogens (tertiary/aromatic N) is 5. The third kappa shape index (κ3) is 4.27. The molecule has 29 heavy (non-hydrogen) atoms. The molecular weight excluding hydrogens is 379 g/mol. The minimum Gasteiger partial charge on any atom is -0.298 e. The standard InChI is InChI=1S/C21H24F3N5/c1-14(2)17-10-19(21(22,23)24)29-20(26-17)11-18(27-29)16-4-3-9-28(13-16)12-15-5-7-25-8-6-15/h5-8,10-11,14,16H,3-4,9,12-13H2,1-2H3/t16-/m1/s1. The van der Waals surface area contributed by atoms with E-state index in [0.29, 0.717) is 11.4 Å². The fraction of sp³-hybridized carbons (Fsp3) is 0.476. The largest absolute Gasteiger partial charge is 0.433 e. The van der Waals surface area contributed by atoms with E-state index >= 15 is 0 Å². The Kier molecular flexibility index (Phi) is 5.29. The van der Waals surface area contributed by atoms with Crippen LogP contribution < -0.4 is 0 Å². The molecule has 0 aromatic carbocycles. The summed E-state index contributed by atoms with van der Waals surface area (Å²) in [4.78, 5) is 10.8. The molecule has 0 unspecified atom stereocenters. The van der Waals surface area contributed by atoms with E-state index in [1.54, 1.807) is 18.5 Å². The van der Waals surface area contributed by atoms with Crippen molar-refractivity contribution >= 4 is 5.65 Å². The van der Waals surface area contributed by atoms with Gasteiger partial charge < -0.3 is 0 Å². The van der Waals surface area contributed by atoms with Crippen LogP contribution in [-0.2, 0) is 12.7 Å². The highest BCUT2D eigenvalue weighted by Gasteiger charge is 2.36. The van der Waals surface area contributed by atoms with Gasteiger partial charge in [-0.25, -0.2) is 9.50 Å². The highest BCUT2D eigenvalue weighted by Crippen LogP contribution is 2.33. The molecular formula is C21H24F3N5. The van der Waals surface area contributed by atoms with Crippen molar-refractivity contribution in [2.24, 2.45) is 0 Å². The van der Waals surface area contributed by atoms with Gasteiger partial charge in [-0.2, -0.15) is 18.3 Å². The number of hydrogen-bond donors (Lipinski definition) is 0. The van der Waals surface area contributed by atoms with E-state index in [0.717, 1.165) is 43.1 Å². The molecule has 4 rings (SSSR count). The van der Waals surface area contributed by atoms with Crippen molar-refractivity contribution in [2.45, 2.75) is 51.2 Å². The number of rotatable bonds is 4. The maximum Gasteiger partial charge on any atom is 0.433 e. The van der Waals surface area contributed by atoms with E-state index in [1.165, 1.54) is 5.56 Å². The first-order valence-electron chi connectivity index (χ1n) is 9.90. The molecule has 1 atom stereocenters. The van der Waals surface area contributed by atoms with Crippen molar-refractivity contribution in [3.63, 3.8) is 0 Å². The second-order valence-corrected chi connectivity index (χ2v) is 7.99. The van der Waals surface area contributed by atoms with Crippen LogP contribution in [0.2, 0.25) is 0 Å². The smallest absolute Gasteiger partial charge is 0.298 e. The minimum atomic E-state index is -4.48. The van der Waals surface area contributed by atoms with Gasteiger partial charge in [-0.1, -0.05) is 13.8 Å². The van der Waals surface area contributed by atoms with Crippen molar-refractivity contribution in [2.75, 3.05) is 13.1 Å². The van der Waals surface area contributed by atoms with Crippen molar-refractivity contribution < 1.29 is 13.2 Å². The summed E-state index contributed by atoms with van der Waals surface area (Å²) in [6.45, 7) is 6.22. The Balaban J connectivity index is 1.63. The molecule has 1 aliphatic rings. The van der Waals surface area contributed by atoms with E-state index in [1.807, 2.05) is 26.0 Å². The first-order valence-corrected chi connectivity index (χ1v) is 9.90. The van der Waals surface area contributed by atoms with Crippen LogP contribution in [0.3, 0.4) is 0 Å². The molecule has 0 radical (unpaired) electrons. The van der Waals surface area contributed by atoms with Crippen molar-refractivity contribution in [1.29, 1.82) is 0 Å². The molecule has 0 N–H and O–H groups in total. The summed E-state index contributed by atoms with van der Waals surface area (Å²) in [5.74, 6) is 0.000792. The first-order chi connectivity index (χ1) is 13.8. The van der Waals surface area contributed by atoms with E-state index in [4.69, 9.17) is 0 Å². The molecule has 0 amide bonds. The molecule has 1 saturated heterocycles. The average molecular weight is 403 g/mol. The summed E-state index contributed by atoms with van der Waals surface area (Å²) >= 11 is 0. The summed E-state index contributed by atoms with van der Waals surface area (Å²) in [7, 11) is 0. The highest BCUT2D eigenvalue weighted by atomic mass is 19.4. The van der Waals surface area contributed by atoms with E-state index in [9.17, 15) is 13.2 Å². The predicted octanol–water partition coefficient (Wildman–Crippen LogP) is 4.65. The van der Waals surface area contributed by atoms with E-state index < -0.39 is 11.9 Å². The van der Waals surface area contributed by atoms with Crippen LogP contribution in [0.5, 0.6) is 0 Å². The second-order valence-electron chi connectivity index (χ2n) is 7.99. The monoisotopic (exact) mass is 403 g/mol. The van der Waals surface area contributed by atoms with Crippen LogP contribution >= 0.6 is 0 Å². The summed E-state index contributed by atoms with van der Waals surface area (Å²) in [6, 6.07) is 6.82. The zero-order valence-electron chi connectivity index (χ0n) is 16.5. The molecule has 154 valence electrons. The number of halogens is 3. The second kappa shape index (κ2) is 7.74. The molecule has 8 heteroatoms. The van der Waals surface area contributed by atoms with Crippen LogP contribution in [-0.4, -0.2) is 37.6 Å². The summed E-state index contributed by atoms with van der Waals surface area (Å²) in [5, 5.41) is 4.34. The fourth-order valence-corrected chi connectivity index (χ4v) is 3.90. The maximum atomic E-state index is 13.6. The molecule has 0 saturated carbocycles. The zero-order valence-corrected chi connectivity index (χ0v) is 16.5. The summed E-state index contributed by atoms with van der Waals surface area (Å²) in [6.07, 6.45) is 0.967. The van der Waals surface area contributed by atoms with E-state index in [-0.39, 0.29) is 17.5 Å². The van der Waals surface area contributed by atoms with Gasteiger partial charge in [-0.3, -0.25) is 9.88 Å². The van der Waals surface area contributed by atoms with Crippen molar-refractivity contribution in [3.8, 4) is 0 Å². The first kappa shape index (κ1) is 19.8. The Morgan fingerprint density at radius 3 is 2.62 bits per heavy atom. The Morgan fingerprint density at radius 2 is 1.93 bits per heavy atom. The molecule has 0 bridgehead atoms. The Hall–Kier alpha value is -2.48. The van der Waals surface area contributed by atoms with Crippen LogP contribution in [0.1, 0.15) is 61.2 Å². The number of alkyl halides is 3. The molecule has 0 spiro atoms. The van der Waals surface area contributed by atoms with Crippen LogP contribution in [0, 0.1) is 0 Å². The molecule has 1 fully saturated rings. The highest BCUT2D eigenvalue weighted by molar-refractivity contribution is 5.44. The number of likely N-dealkylation sites (tertiary alicyclic amines) is 1. The zero-order chi connectivity index (χ0) is 20.6. The normalized spacial score (nSPS) is 18.6. The number of pyridine rings is 1. The van der Waals surface area contributed by atoms with E-state index in [2.05, 4.69) is 20.0 Å². The number of aromatic nitrogens is 4. The SMILES string of the molecule is CC(C)c1cc(C(F)(F)F)n2nc([C@@H]3CCCN(Cc4ccncc4)C3)cc2n1. The third-order valence-corrected chi connectivity index (χ3v) is 5.43. The minimum absolute atomic E-state index is 0.0926. The maximum absolute atomic E-state index is 13.6. The van der Waals surface area contributed by atoms with Gasteiger partial charge >= 0.3 is 6.18 Å². The summed E-state index contributed by atoms with van der Waals surface area (Å²) < 4.78 is 41.8. The molecule has 3 aromatic rings. The van der Waals surface area contributed by atoms with Crippen LogP contribution in [0.15, 0.2) is 36.7 Å². The lowest BCUT2D eigenvalue weighted by Crippen LogP contribution is -2.34. The van der Waals surface area contributed by atoms with Gasteiger partial charge in [0.05, 0.1) is 5.69 Å². The predicted molar refractivity (Wildman–Crippen MR) is 104 cm³/mol. The lowest BCUT2D eigenvalue weighted by atomic mass is 9.94. The molecule has 1 aliphatic heterocycles. The van der Waals surface area contributed by atoms with Gasteiger partial charge in [0, 0.05) is 43.2 Å². The van der Waals surface area contributed by atoms with Gasteiger partial charge in [0.2, 0.25) is 0 Å². The van der Waals surface area contributed by atoms with Crippen molar-refractivity contribution in [1.82, 2.24) is 24.5 Å². The van der Waals surface area contributed by atoms with Gasteiger partial charge in [0.15, 0.2) is 5.65 Å². The van der Waals surface area contributed by atoms with Gasteiger partial charge in [0.1, 0.15) is 5.69 Å². The van der Waals surface area contributed by atoms with Gasteiger partial charge in [0.25, 0.3) is 0 Å². The number of fused-ring (bicyclic) bond motifs is 1. The topological polar surface area (TPSA) is 46.3 Å². The molecule has 5 nitrogen and oxygen atoms in total. The lowest BCUT2D eigenvalue weighted by Gasteiger charge is -2.31. The molecule has 0 aliphatic carbocycles. The Bertz CT molecular complexity index is 981. The quantitative estimate of drug-likeness (QED) is 0.636. The number of hydrogen-bond acceptors (Lipinski definition) is 4.